The van der Waals surface area contributed by atoms with Gasteiger partial charge in [-0.1, -0.05) is 32.8 Å². The molecule has 2 aliphatic rings. The third-order valence-electron chi connectivity index (χ3n) is 5.68. The van der Waals surface area contributed by atoms with Crippen LogP contribution in [0.3, 0.4) is 0 Å². The molecular weight excluding hydrogens is 246 g/mol. The highest BCUT2D eigenvalue weighted by Crippen LogP contribution is 2.46. The maximum absolute atomic E-state index is 11.3. The van der Waals surface area contributed by atoms with Crippen LogP contribution in [0.2, 0.25) is 0 Å². The van der Waals surface area contributed by atoms with E-state index in [2.05, 4.69) is 24.9 Å². The van der Waals surface area contributed by atoms with Crippen LogP contribution in [0.15, 0.2) is 18.3 Å². The predicted octanol–water partition coefficient (Wildman–Crippen LogP) is 4.08. The fraction of sp³-hybridized carbons (Fsp3) is 0.722. The zero-order valence-electron chi connectivity index (χ0n) is 12.8. The molecule has 3 unspecified atom stereocenters. The molecule has 2 heteroatoms. The minimum absolute atomic E-state index is 0.268. The van der Waals surface area contributed by atoms with Gasteiger partial charge in [-0.15, -0.1) is 0 Å². The van der Waals surface area contributed by atoms with Crippen LogP contribution in [0.5, 0.6) is 0 Å². The van der Waals surface area contributed by atoms with Gasteiger partial charge in [0, 0.05) is 17.8 Å². The van der Waals surface area contributed by atoms with Crippen LogP contribution in [0.1, 0.15) is 69.5 Å². The highest BCUT2D eigenvalue weighted by Gasteiger charge is 2.43. The summed E-state index contributed by atoms with van der Waals surface area (Å²) in [7, 11) is 0. The molecule has 20 heavy (non-hydrogen) atoms. The summed E-state index contributed by atoms with van der Waals surface area (Å²) in [5.41, 5.74) is 2.03. The lowest BCUT2D eigenvalue weighted by molar-refractivity contribution is -0.00482. The summed E-state index contributed by atoms with van der Waals surface area (Å²) in [6.07, 6.45) is 9.58. The van der Waals surface area contributed by atoms with Crippen LogP contribution in [-0.2, 0) is 6.42 Å². The van der Waals surface area contributed by atoms with Crippen LogP contribution in [-0.4, -0.2) is 15.7 Å². The first-order valence-electron chi connectivity index (χ1n) is 8.26. The smallest absolute Gasteiger partial charge is 0.0731 e. The first-order chi connectivity index (χ1) is 9.60. The Morgan fingerprint density at radius 3 is 2.90 bits per heavy atom. The van der Waals surface area contributed by atoms with E-state index in [4.69, 9.17) is 0 Å². The third-order valence-corrected chi connectivity index (χ3v) is 5.68. The van der Waals surface area contributed by atoms with E-state index in [9.17, 15) is 5.11 Å². The molecule has 0 spiro atoms. The van der Waals surface area contributed by atoms with Crippen molar-refractivity contribution < 1.29 is 5.11 Å². The maximum Gasteiger partial charge on any atom is 0.0731 e. The van der Waals surface area contributed by atoms with E-state index in [1.807, 2.05) is 12.3 Å². The molecule has 1 N–H and O–H groups in total. The zero-order chi connectivity index (χ0) is 14.2. The fourth-order valence-electron chi connectivity index (χ4n) is 4.33. The van der Waals surface area contributed by atoms with Gasteiger partial charge < -0.3 is 5.11 Å². The molecule has 2 aliphatic carbocycles. The van der Waals surface area contributed by atoms with Crippen molar-refractivity contribution in [2.45, 2.75) is 70.3 Å². The van der Waals surface area contributed by atoms with Gasteiger partial charge in [0.2, 0.25) is 0 Å². The van der Waals surface area contributed by atoms with E-state index in [0.717, 1.165) is 43.9 Å². The zero-order valence-corrected chi connectivity index (χ0v) is 12.8. The van der Waals surface area contributed by atoms with Crippen LogP contribution in [0, 0.1) is 11.8 Å². The fourth-order valence-corrected chi connectivity index (χ4v) is 4.33. The number of fused-ring (bicyclic) bond motifs is 1. The molecule has 0 saturated heterocycles. The molecule has 1 aromatic heterocycles. The SMILES string of the molecule is CC(C)C1CCCC(O)(C2CCc3cccnc32)CC1. The van der Waals surface area contributed by atoms with Gasteiger partial charge in [0.05, 0.1) is 5.60 Å². The summed E-state index contributed by atoms with van der Waals surface area (Å²) in [6.45, 7) is 4.64. The maximum atomic E-state index is 11.3. The van der Waals surface area contributed by atoms with Crippen LogP contribution in [0.25, 0.3) is 0 Å². The highest BCUT2D eigenvalue weighted by molar-refractivity contribution is 5.31. The minimum atomic E-state index is -0.511. The summed E-state index contributed by atoms with van der Waals surface area (Å²) in [6, 6.07) is 4.20. The van der Waals surface area contributed by atoms with Gasteiger partial charge in [0.1, 0.15) is 0 Å². The second kappa shape index (κ2) is 5.48. The Balaban J connectivity index is 1.80. The quantitative estimate of drug-likeness (QED) is 0.824. The molecule has 1 saturated carbocycles. The lowest BCUT2D eigenvalue weighted by Crippen LogP contribution is -2.35. The summed E-state index contributed by atoms with van der Waals surface area (Å²) >= 11 is 0. The summed E-state index contributed by atoms with van der Waals surface area (Å²) in [5, 5.41) is 11.3. The van der Waals surface area contributed by atoms with E-state index >= 15 is 0 Å². The van der Waals surface area contributed by atoms with Gasteiger partial charge in [-0.25, -0.2) is 0 Å². The average molecular weight is 273 g/mol. The van der Waals surface area contributed by atoms with Gasteiger partial charge in [-0.3, -0.25) is 4.98 Å². The van der Waals surface area contributed by atoms with Crippen molar-refractivity contribution in [3.8, 4) is 0 Å². The summed E-state index contributed by atoms with van der Waals surface area (Å²) in [4.78, 5) is 4.59. The van der Waals surface area contributed by atoms with Gasteiger partial charge in [0.25, 0.3) is 0 Å². The molecule has 0 amide bonds. The molecule has 0 bridgehead atoms. The lowest BCUT2D eigenvalue weighted by Gasteiger charge is -2.33. The number of aromatic nitrogens is 1. The van der Waals surface area contributed by atoms with Crippen molar-refractivity contribution in [1.29, 1.82) is 0 Å². The molecule has 3 atom stereocenters. The number of nitrogens with zero attached hydrogens (tertiary/aromatic N) is 1. The van der Waals surface area contributed by atoms with Crippen LogP contribution < -0.4 is 0 Å². The Kier molecular flexibility index (Phi) is 3.85. The summed E-state index contributed by atoms with van der Waals surface area (Å²) < 4.78 is 0. The van der Waals surface area contributed by atoms with Crippen molar-refractivity contribution in [2.24, 2.45) is 11.8 Å². The Bertz CT molecular complexity index is 470. The first kappa shape index (κ1) is 14.1. The number of pyridine rings is 1. The molecule has 1 aromatic rings. The summed E-state index contributed by atoms with van der Waals surface area (Å²) in [5.74, 6) is 1.80. The molecule has 0 aliphatic heterocycles. The van der Waals surface area contributed by atoms with Gasteiger partial charge >= 0.3 is 0 Å². The third kappa shape index (κ3) is 2.50. The average Bonchev–Trinajstić information content (AvgIpc) is 2.77. The largest absolute Gasteiger partial charge is 0.389 e. The van der Waals surface area contributed by atoms with Gasteiger partial charge in [-0.2, -0.15) is 0 Å². The molecule has 1 fully saturated rings. The van der Waals surface area contributed by atoms with E-state index in [0.29, 0.717) is 0 Å². The number of aliphatic hydroxyl groups is 1. The molecule has 110 valence electrons. The lowest BCUT2D eigenvalue weighted by atomic mass is 9.79. The molecule has 0 aromatic carbocycles. The second-order valence-electron chi connectivity index (χ2n) is 7.18. The Morgan fingerprint density at radius 2 is 2.10 bits per heavy atom. The van der Waals surface area contributed by atoms with E-state index in [1.54, 1.807) is 0 Å². The number of aryl methyl sites for hydroxylation is 1. The Hall–Kier alpha value is -0.890. The van der Waals surface area contributed by atoms with Crippen molar-refractivity contribution in [3.05, 3.63) is 29.6 Å². The monoisotopic (exact) mass is 273 g/mol. The number of hydrogen-bond donors (Lipinski definition) is 1. The van der Waals surface area contributed by atoms with Gasteiger partial charge in [0.15, 0.2) is 0 Å². The molecule has 1 heterocycles. The van der Waals surface area contributed by atoms with Crippen molar-refractivity contribution in [2.75, 3.05) is 0 Å². The van der Waals surface area contributed by atoms with Crippen molar-refractivity contribution in [1.82, 2.24) is 4.98 Å². The molecule has 3 rings (SSSR count). The van der Waals surface area contributed by atoms with Crippen molar-refractivity contribution >= 4 is 0 Å². The molecule has 2 nitrogen and oxygen atoms in total. The Labute approximate surface area is 122 Å². The van der Waals surface area contributed by atoms with Crippen molar-refractivity contribution in [3.63, 3.8) is 0 Å². The molecule has 0 radical (unpaired) electrons. The van der Waals surface area contributed by atoms with Crippen LogP contribution in [0.4, 0.5) is 0 Å². The highest BCUT2D eigenvalue weighted by atomic mass is 16.3. The van der Waals surface area contributed by atoms with Gasteiger partial charge in [-0.05, 0) is 55.6 Å². The predicted molar refractivity (Wildman–Crippen MR) is 81.7 cm³/mol. The molecular formula is C18H27NO. The second-order valence-corrected chi connectivity index (χ2v) is 7.18. The number of hydrogen-bond acceptors (Lipinski definition) is 2. The number of rotatable bonds is 2. The normalized spacial score (nSPS) is 34.0. The van der Waals surface area contributed by atoms with E-state index in [-0.39, 0.29) is 5.92 Å². The standard InChI is InChI=1S/C18H27NO/c1-13(2)14-5-3-10-18(20,11-9-14)16-8-7-15-6-4-12-19-17(15)16/h4,6,12-14,16,20H,3,5,7-11H2,1-2H3. The minimum Gasteiger partial charge on any atom is -0.389 e. The van der Waals surface area contributed by atoms with E-state index in [1.165, 1.54) is 24.1 Å². The van der Waals surface area contributed by atoms with E-state index < -0.39 is 5.60 Å². The van der Waals surface area contributed by atoms with Crippen LogP contribution >= 0.6 is 0 Å². The first-order valence-corrected chi connectivity index (χ1v) is 8.26. The topological polar surface area (TPSA) is 33.1 Å². The Morgan fingerprint density at radius 1 is 1.25 bits per heavy atom.